The fourth-order valence-corrected chi connectivity index (χ4v) is 12.4. The van der Waals surface area contributed by atoms with Gasteiger partial charge in [-0.05, 0) is 139 Å². The maximum Gasteiger partial charge on any atom is 0.255 e. The molecule has 91 heavy (non-hydrogen) atoms. The highest BCUT2D eigenvalue weighted by Crippen LogP contribution is 2.33. The van der Waals surface area contributed by atoms with E-state index in [0.29, 0.717) is 19.3 Å². The summed E-state index contributed by atoms with van der Waals surface area (Å²) in [5.74, 6) is -2.32. The van der Waals surface area contributed by atoms with E-state index in [-0.39, 0.29) is 97.5 Å². The smallest absolute Gasteiger partial charge is 0.255 e. The third kappa shape index (κ3) is 19.5. The first kappa shape index (κ1) is 66.5. The molecule has 18 nitrogen and oxygen atoms in total. The first-order valence-corrected chi connectivity index (χ1v) is 32.3. The number of nitrogens with zero attached hydrogens (tertiary/aromatic N) is 9. The molecule has 492 valence electrons. The van der Waals surface area contributed by atoms with Crippen molar-refractivity contribution in [2.24, 2.45) is 17.8 Å². The Balaban J connectivity index is 0.000000150. The number of nitrogens with one attached hydrogen (secondary N) is 3. The van der Waals surface area contributed by atoms with E-state index in [2.05, 4.69) is 88.2 Å². The van der Waals surface area contributed by atoms with Gasteiger partial charge in [0.25, 0.3) is 17.6 Å². The molecule has 6 unspecified atom stereocenters. The molecule has 6 fully saturated rings. The van der Waals surface area contributed by atoms with Crippen LogP contribution in [0, 0.1) is 35.2 Å². The molecular weight excluding hydrogens is 1180 g/mol. The molecule has 6 aromatic rings. The second-order valence-electron chi connectivity index (χ2n) is 24.6. The maximum atomic E-state index is 14.1. The van der Waals surface area contributed by atoms with Crippen LogP contribution >= 0.6 is 0 Å². The summed E-state index contributed by atoms with van der Waals surface area (Å²) in [5, 5.41) is 9.22. The van der Waals surface area contributed by atoms with E-state index >= 15 is 0 Å². The summed E-state index contributed by atoms with van der Waals surface area (Å²) in [4.78, 5) is 31.2. The number of halogens is 6. The van der Waals surface area contributed by atoms with Crippen molar-refractivity contribution in [1.82, 2.24) is 29.9 Å². The SMILES string of the molecule is C[C@@H]1CN(c2ccc(Nc3ncc(F)c(OCC4CCCCC4F)n3)cc2)C[C@H](C)O1.C[C@@H]1CN(c2ccc(Nc3ncc(F)c(OCC4CCCCC4F)n3)cc2)C[C@H](C)O1.Fc1cnc(Nc2ccc(N3CCOCC3)cc2)nc1OCC1CCCCC1F. The summed E-state index contributed by atoms with van der Waals surface area (Å²) in [7, 11) is 0. The molecule has 3 aromatic carbocycles. The van der Waals surface area contributed by atoms with Gasteiger partial charge in [-0.3, -0.25) is 0 Å². The Kier molecular flexibility index (Phi) is 23.9. The highest BCUT2D eigenvalue weighted by Gasteiger charge is 2.30. The topological polar surface area (TPSA) is 179 Å². The zero-order chi connectivity index (χ0) is 63.6. The van der Waals surface area contributed by atoms with Crippen LogP contribution in [0.1, 0.15) is 105 Å². The molecule has 0 radical (unpaired) electrons. The lowest BCUT2D eigenvalue weighted by molar-refractivity contribution is -0.00548. The minimum absolute atomic E-state index is 0.125. The summed E-state index contributed by atoms with van der Waals surface area (Å²) < 4.78 is 118. The highest BCUT2D eigenvalue weighted by atomic mass is 19.2. The molecule has 6 heterocycles. The minimum atomic E-state index is -0.896. The van der Waals surface area contributed by atoms with Gasteiger partial charge in [-0.2, -0.15) is 28.1 Å². The number of alkyl halides is 3. The van der Waals surface area contributed by atoms with Crippen LogP contribution in [-0.4, -0.2) is 145 Å². The van der Waals surface area contributed by atoms with Crippen molar-refractivity contribution in [2.75, 3.05) is 103 Å². The van der Waals surface area contributed by atoms with Crippen LogP contribution in [-0.2, 0) is 14.2 Å². The van der Waals surface area contributed by atoms with Gasteiger partial charge in [0.2, 0.25) is 35.3 Å². The molecule has 3 aromatic heterocycles. The molecule has 24 heteroatoms. The van der Waals surface area contributed by atoms with E-state index in [1.165, 1.54) is 0 Å². The zero-order valence-corrected chi connectivity index (χ0v) is 52.4. The summed E-state index contributed by atoms with van der Waals surface area (Å²) in [6, 6.07) is 23.7. The van der Waals surface area contributed by atoms with E-state index < -0.39 is 36.0 Å². The predicted molar refractivity (Wildman–Crippen MR) is 340 cm³/mol. The van der Waals surface area contributed by atoms with Gasteiger partial charge in [0.1, 0.15) is 18.5 Å². The molecule has 3 aliphatic heterocycles. The van der Waals surface area contributed by atoms with Crippen molar-refractivity contribution >= 4 is 52.0 Å². The van der Waals surface area contributed by atoms with E-state index in [1.54, 1.807) is 0 Å². The lowest BCUT2D eigenvalue weighted by Gasteiger charge is -2.36. The van der Waals surface area contributed by atoms with Gasteiger partial charge in [-0.1, -0.05) is 38.5 Å². The third-order valence-electron chi connectivity index (χ3n) is 17.2. The lowest BCUT2D eigenvalue weighted by Crippen LogP contribution is -2.45. The Bertz CT molecular complexity index is 3040. The number of benzene rings is 3. The molecule has 3 aliphatic carbocycles. The molecule has 3 saturated heterocycles. The van der Waals surface area contributed by atoms with Crippen molar-refractivity contribution in [3.8, 4) is 17.6 Å². The molecule has 0 bridgehead atoms. The van der Waals surface area contributed by atoms with E-state index in [9.17, 15) is 26.3 Å². The average Bonchev–Trinajstić information content (AvgIpc) is 2.33. The normalized spacial score (nSPS) is 25.2. The van der Waals surface area contributed by atoms with Gasteiger partial charge in [0, 0.05) is 91.1 Å². The number of anilines is 9. The van der Waals surface area contributed by atoms with Crippen LogP contribution in [0.4, 0.5) is 78.3 Å². The monoisotopic (exact) mass is 1270 g/mol. The fourth-order valence-electron chi connectivity index (χ4n) is 12.4. The molecular formula is C67H86F6N12O6. The van der Waals surface area contributed by atoms with E-state index in [0.717, 1.165) is 163 Å². The van der Waals surface area contributed by atoms with Crippen molar-refractivity contribution in [2.45, 2.75) is 148 Å². The number of aromatic nitrogens is 6. The fraction of sp³-hybridized carbons (Fsp3) is 0.552. The van der Waals surface area contributed by atoms with Gasteiger partial charge in [0.05, 0.1) is 76.0 Å². The van der Waals surface area contributed by atoms with Crippen LogP contribution in [0.5, 0.6) is 17.6 Å². The van der Waals surface area contributed by atoms with Crippen LogP contribution in [0.25, 0.3) is 0 Å². The molecule has 12 rings (SSSR count). The standard InChI is InChI=1S/2C23H30F2N4O2.C21H26F2N4O2/c2*1-15-12-29(13-16(2)31-15)19-9-7-18(8-10-19)27-23-26-11-21(25)22(28-23)30-14-17-5-3-4-6-20(17)24;22-18-4-2-1-3-15(18)14-29-20-19(23)13-24-21(26-20)25-16-5-7-17(8-6-16)27-9-11-28-12-10-27/h2*7-11,15-17,20H,3-6,12-14H2,1-2H3,(H,26,27,28);5-8,13,15,18H,1-4,9-12,14H2,(H,24,25,26)/t2*15-,16+,17?,20?;. The first-order chi connectivity index (χ1) is 44.1. The number of morpholine rings is 3. The Labute approximate surface area is 529 Å². The molecule has 0 amide bonds. The van der Waals surface area contributed by atoms with Gasteiger partial charge < -0.3 is 59.1 Å². The van der Waals surface area contributed by atoms with Crippen molar-refractivity contribution in [3.63, 3.8) is 0 Å². The largest absolute Gasteiger partial charge is 0.475 e. The van der Waals surface area contributed by atoms with Crippen LogP contribution in [0.15, 0.2) is 91.4 Å². The Morgan fingerprint density at radius 1 is 0.418 bits per heavy atom. The molecule has 6 aliphatic rings. The highest BCUT2D eigenvalue weighted by molar-refractivity contribution is 5.62. The second-order valence-corrected chi connectivity index (χ2v) is 24.6. The van der Waals surface area contributed by atoms with Crippen LogP contribution in [0.3, 0.4) is 0 Å². The zero-order valence-electron chi connectivity index (χ0n) is 52.4. The maximum absolute atomic E-state index is 14.1. The lowest BCUT2D eigenvalue weighted by atomic mass is 9.88. The quantitative estimate of drug-likeness (QED) is 0.0691. The summed E-state index contributed by atoms with van der Waals surface area (Å²) in [5.41, 5.74) is 5.71. The first-order valence-electron chi connectivity index (χ1n) is 32.3. The number of hydrogen-bond acceptors (Lipinski definition) is 18. The van der Waals surface area contributed by atoms with Crippen molar-refractivity contribution in [1.29, 1.82) is 0 Å². The summed E-state index contributed by atoms with van der Waals surface area (Å²) >= 11 is 0. The van der Waals surface area contributed by atoms with Crippen molar-refractivity contribution in [3.05, 3.63) is 109 Å². The van der Waals surface area contributed by atoms with Crippen molar-refractivity contribution < 1.29 is 54.8 Å². The van der Waals surface area contributed by atoms with E-state index in [1.807, 2.05) is 72.8 Å². The summed E-state index contributed by atoms with van der Waals surface area (Å²) in [6.07, 6.45) is 10.8. The molecule has 0 spiro atoms. The predicted octanol–water partition coefficient (Wildman–Crippen LogP) is 13.9. The Morgan fingerprint density at radius 3 is 1.00 bits per heavy atom. The minimum Gasteiger partial charge on any atom is -0.475 e. The second kappa shape index (κ2) is 32.7. The Morgan fingerprint density at radius 2 is 0.703 bits per heavy atom. The van der Waals surface area contributed by atoms with Gasteiger partial charge in [-0.15, -0.1) is 0 Å². The van der Waals surface area contributed by atoms with Gasteiger partial charge in [-0.25, -0.2) is 28.1 Å². The molecule has 3 saturated carbocycles. The molecule has 10 atom stereocenters. The average molecular weight is 1270 g/mol. The van der Waals surface area contributed by atoms with Gasteiger partial charge in [0.15, 0.2) is 0 Å². The molecule has 3 N–H and O–H groups in total. The number of hydrogen-bond donors (Lipinski definition) is 3. The van der Waals surface area contributed by atoms with Crippen LogP contribution in [0.2, 0.25) is 0 Å². The third-order valence-corrected chi connectivity index (χ3v) is 17.2. The van der Waals surface area contributed by atoms with E-state index in [4.69, 9.17) is 28.4 Å². The number of ether oxygens (including phenoxy) is 6. The van der Waals surface area contributed by atoms with Crippen LogP contribution < -0.4 is 44.9 Å². The number of rotatable bonds is 18. The Hall–Kier alpha value is -7.44. The summed E-state index contributed by atoms with van der Waals surface area (Å²) in [6.45, 7) is 15.3. The van der Waals surface area contributed by atoms with Gasteiger partial charge >= 0.3 is 0 Å².